The quantitative estimate of drug-likeness (QED) is 0.467. The van der Waals surface area contributed by atoms with E-state index in [9.17, 15) is 0 Å². The van der Waals surface area contributed by atoms with Gasteiger partial charge in [0.1, 0.15) is 0 Å². The van der Waals surface area contributed by atoms with E-state index in [1.807, 2.05) is 0 Å². The molecule has 8 heteroatoms. The first-order chi connectivity index (χ1) is 13.0. The maximum absolute atomic E-state index is 7.96. The van der Waals surface area contributed by atoms with Crippen molar-refractivity contribution in [2.24, 2.45) is 49.9 Å². The van der Waals surface area contributed by atoms with Crippen molar-refractivity contribution in [2.75, 3.05) is 6.54 Å². The maximum Gasteiger partial charge on any atom is 0.0973 e. The average molecular weight is 373 g/mol. The highest BCUT2D eigenvalue weighted by atomic mass is 15.0. The number of nitrogens with zero attached hydrogens (tertiary/aromatic N) is 3. The van der Waals surface area contributed by atoms with Crippen LogP contribution in [0.25, 0.3) is 0 Å². The van der Waals surface area contributed by atoms with Crippen molar-refractivity contribution >= 4 is 23.3 Å². The third kappa shape index (κ3) is 4.09. The Kier molecular flexibility index (Phi) is 5.06. The van der Waals surface area contributed by atoms with Gasteiger partial charge in [-0.1, -0.05) is 0 Å². The monoisotopic (exact) mass is 372 g/mol. The summed E-state index contributed by atoms with van der Waals surface area (Å²) in [6.45, 7) is 0.910. The molecule has 0 aromatic heterocycles. The van der Waals surface area contributed by atoms with Crippen molar-refractivity contribution in [3.63, 3.8) is 0 Å². The maximum atomic E-state index is 7.96. The first-order valence-electron chi connectivity index (χ1n) is 10.3. The van der Waals surface area contributed by atoms with Crippen LogP contribution in [0, 0.1) is 23.2 Å². The van der Waals surface area contributed by atoms with Crippen LogP contribution >= 0.6 is 0 Å². The van der Waals surface area contributed by atoms with Gasteiger partial charge in [0.25, 0.3) is 0 Å². The molecule has 0 aliphatic carbocycles. The summed E-state index contributed by atoms with van der Waals surface area (Å²) in [6, 6.07) is 0.789. The molecule has 1 saturated heterocycles. The molecule has 0 spiro atoms. The van der Waals surface area contributed by atoms with Crippen molar-refractivity contribution in [3.8, 4) is 0 Å². The van der Waals surface area contributed by atoms with Gasteiger partial charge in [-0.3, -0.25) is 20.4 Å². The summed E-state index contributed by atoms with van der Waals surface area (Å²) in [5.74, 6) is 3.90. The molecular formula is C19H32N8. The fraction of sp³-hybridized carbons (Fsp3) is 0.789. The van der Waals surface area contributed by atoms with Crippen molar-refractivity contribution in [1.29, 1.82) is 5.41 Å². The van der Waals surface area contributed by atoms with Gasteiger partial charge in [0.15, 0.2) is 0 Å². The van der Waals surface area contributed by atoms with Gasteiger partial charge in [0, 0.05) is 30.7 Å². The highest BCUT2D eigenvalue weighted by Gasteiger charge is 2.36. The van der Waals surface area contributed by atoms with Gasteiger partial charge in [0.2, 0.25) is 0 Å². The number of nitrogens with two attached hydrogens (primary N) is 3. The molecule has 6 atom stereocenters. The Labute approximate surface area is 160 Å². The van der Waals surface area contributed by atoms with Crippen LogP contribution in [0.1, 0.15) is 51.4 Å². The van der Waals surface area contributed by atoms with Gasteiger partial charge < -0.3 is 22.5 Å². The summed E-state index contributed by atoms with van der Waals surface area (Å²) in [6.07, 6.45) is 7.77. The Morgan fingerprint density at radius 2 is 1.41 bits per heavy atom. The minimum atomic E-state index is 0.238. The molecule has 4 aliphatic rings. The summed E-state index contributed by atoms with van der Waals surface area (Å²) >= 11 is 0. The average Bonchev–Trinajstić information content (AvgIpc) is 3.36. The third-order valence-electron chi connectivity index (χ3n) is 6.58. The van der Waals surface area contributed by atoms with E-state index in [2.05, 4.69) is 10.3 Å². The number of hydrogen-bond acceptors (Lipinski definition) is 7. The van der Waals surface area contributed by atoms with Crippen LogP contribution in [0.2, 0.25) is 0 Å². The standard InChI is InChI=1S/C19H32N8/c20-16-2-1-13(25-16)6-11-7-15(27-18(11)22)9-12-8-14(26-19(12)23)5-10-3-4-24-17(10)21/h10-15H,1-9H2,(H2,20,25)(H2,21,24)(H2,22,27)(H2,23,26). The lowest BCUT2D eigenvalue weighted by Gasteiger charge is -2.17. The van der Waals surface area contributed by atoms with Gasteiger partial charge in [-0.05, 0) is 44.9 Å². The Balaban J connectivity index is 1.27. The first-order valence-corrected chi connectivity index (χ1v) is 10.3. The number of aliphatic imine (C=N–C) groups is 3. The predicted molar refractivity (Wildman–Crippen MR) is 109 cm³/mol. The van der Waals surface area contributed by atoms with Gasteiger partial charge in [-0.15, -0.1) is 0 Å². The smallest absolute Gasteiger partial charge is 0.0973 e. The zero-order valence-corrected chi connectivity index (χ0v) is 15.9. The molecule has 0 amide bonds. The molecule has 0 radical (unpaired) electrons. The fourth-order valence-corrected chi connectivity index (χ4v) is 5.11. The topological polar surface area (TPSA) is 151 Å². The Bertz CT molecular complexity index is 681. The van der Waals surface area contributed by atoms with Gasteiger partial charge in [-0.2, -0.15) is 0 Å². The summed E-state index contributed by atoms with van der Waals surface area (Å²) in [4.78, 5) is 13.9. The molecule has 0 bridgehead atoms. The van der Waals surface area contributed by atoms with E-state index < -0.39 is 0 Å². The van der Waals surface area contributed by atoms with E-state index in [1.165, 1.54) is 0 Å². The molecule has 4 heterocycles. The minimum Gasteiger partial charge on any atom is -0.387 e. The number of amidine groups is 4. The highest BCUT2D eigenvalue weighted by molar-refractivity contribution is 5.87. The lowest BCUT2D eigenvalue weighted by molar-refractivity contribution is 0.423. The van der Waals surface area contributed by atoms with E-state index in [0.29, 0.717) is 29.6 Å². The summed E-state index contributed by atoms with van der Waals surface area (Å²) < 4.78 is 0. The predicted octanol–water partition coefficient (Wildman–Crippen LogP) is 0.754. The summed E-state index contributed by atoms with van der Waals surface area (Å²) in [7, 11) is 0. The van der Waals surface area contributed by atoms with Crippen molar-refractivity contribution < 1.29 is 0 Å². The molecule has 148 valence electrons. The van der Waals surface area contributed by atoms with Gasteiger partial charge >= 0.3 is 0 Å². The Morgan fingerprint density at radius 3 is 1.93 bits per heavy atom. The SMILES string of the molecule is N=C1NCCC1CC1CC(CC2CC(CC3CCC(N)=N3)C(N)=N2)C(N)=N1. The largest absolute Gasteiger partial charge is 0.387 e. The summed E-state index contributed by atoms with van der Waals surface area (Å²) in [5, 5.41) is 11.1. The van der Waals surface area contributed by atoms with Gasteiger partial charge in [-0.25, -0.2) is 0 Å². The van der Waals surface area contributed by atoms with Crippen LogP contribution in [0.5, 0.6) is 0 Å². The third-order valence-corrected chi connectivity index (χ3v) is 6.58. The molecule has 1 fully saturated rings. The fourth-order valence-electron chi connectivity index (χ4n) is 5.11. The van der Waals surface area contributed by atoms with Crippen LogP contribution in [-0.2, 0) is 0 Å². The number of nitrogens with one attached hydrogen (secondary N) is 2. The molecule has 8 nitrogen and oxygen atoms in total. The zero-order chi connectivity index (χ0) is 19.0. The normalized spacial score (nSPS) is 38.7. The molecule has 8 N–H and O–H groups in total. The number of hydrogen-bond donors (Lipinski definition) is 5. The van der Waals surface area contributed by atoms with Crippen LogP contribution in [0.4, 0.5) is 0 Å². The lowest BCUT2D eigenvalue weighted by Crippen LogP contribution is -2.24. The Morgan fingerprint density at radius 1 is 0.815 bits per heavy atom. The lowest BCUT2D eigenvalue weighted by atomic mass is 9.88. The van der Waals surface area contributed by atoms with Crippen LogP contribution in [-0.4, -0.2) is 48.0 Å². The molecule has 4 aliphatic heterocycles. The molecule has 4 rings (SSSR count). The zero-order valence-electron chi connectivity index (χ0n) is 15.9. The van der Waals surface area contributed by atoms with Crippen molar-refractivity contribution in [1.82, 2.24) is 5.32 Å². The van der Waals surface area contributed by atoms with E-state index in [4.69, 9.17) is 32.6 Å². The molecular weight excluding hydrogens is 340 g/mol. The first kappa shape index (κ1) is 18.3. The highest BCUT2D eigenvalue weighted by Crippen LogP contribution is 2.34. The number of rotatable bonds is 6. The molecule has 6 unspecified atom stereocenters. The second kappa shape index (κ2) is 7.48. The van der Waals surface area contributed by atoms with E-state index in [-0.39, 0.29) is 12.1 Å². The van der Waals surface area contributed by atoms with Crippen LogP contribution in [0.3, 0.4) is 0 Å². The van der Waals surface area contributed by atoms with E-state index in [0.717, 1.165) is 75.4 Å². The van der Waals surface area contributed by atoms with Crippen LogP contribution < -0.4 is 22.5 Å². The molecule has 0 aromatic rings. The van der Waals surface area contributed by atoms with Crippen LogP contribution in [0.15, 0.2) is 15.0 Å². The second-order valence-electron chi connectivity index (χ2n) is 8.63. The van der Waals surface area contributed by atoms with E-state index >= 15 is 0 Å². The van der Waals surface area contributed by atoms with Crippen molar-refractivity contribution in [3.05, 3.63) is 0 Å². The molecule has 0 saturated carbocycles. The minimum absolute atomic E-state index is 0.238. The van der Waals surface area contributed by atoms with Gasteiger partial charge in [0.05, 0.1) is 41.5 Å². The Hall–Kier alpha value is -2.12. The summed E-state index contributed by atoms with van der Waals surface area (Å²) in [5.41, 5.74) is 18.3. The molecule has 27 heavy (non-hydrogen) atoms. The van der Waals surface area contributed by atoms with E-state index in [1.54, 1.807) is 0 Å². The second-order valence-corrected chi connectivity index (χ2v) is 8.63. The van der Waals surface area contributed by atoms with Crippen molar-refractivity contribution in [2.45, 2.75) is 69.5 Å². The molecule has 0 aromatic carbocycles.